The fourth-order valence-electron chi connectivity index (χ4n) is 4.83. The summed E-state index contributed by atoms with van der Waals surface area (Å²) in [5, 5.41) is 14.2. The fourth-order valence-corrected chi connectivity index (χ4v) is 4.83. The van der Waals surface area contributed by atoms with E-state index >= 15 is 0 Å². The molecule has 0 saturated heterocycles. The normalized spacial score (nSPS) is 12.0. The Morgan fingerprint density at radius 1 is 1.02 bits per heavy atom. The molecule has 0 spiro atoms. The van der Waals surface area contributed by atoms with Crippen LogP contribution in [0.5, 0.6) is 0 Å². The Balaban J connectivity index is 1.45. The van der Waals surface area contributed by atoms with Crippen molar-refractivity contribution < 1.29 is 9.59 Å². The van der Waals surface area contributed by atoms with Gasteiger partial charge in [-0.15, -0.1) is 5.10 Å². The molecule has 6 aromatic rings. The van der Waals surface area contributed by atoms with Gasteiger partial charge in [0.2, 0.25) is 0 Å². The number of benzene rings is 2. The Labute approximate surface area is 238 Å². The smallest absolute Gasteiger partial charge is 0.268 e. The highest BCUT2D eigenvalue weighted by atomic mass is 16.2. The quantitative estimate of drug-likeness (QED) is 0.279. The Kier molecular flexibility index (Phi) is 6.46. The highest BCUT2D eigenvalue weighted by Gasteiger charge is 2.25. The molecular weight excluding hydrogens is 536 g/mol. The first-order chi connectivity index (χ1) is 20.2. The van der Waals surface area contributed by atoms with Gasteiger partial charge < -0.3 is 16.4 Å². The van der Waals surface area contributed by atoms with Crippen LogP contribution in [-0.2, 0) is 7.05 Å². The number of hydrogen-bond donors (Lipinski definition) is 3. The average Bonchev–Trinajstić information content (AvgIpc) is 3.56. The van der Waals surface area contributed by atoms with E-state index in [2.05, 4.69) is 25.8 Å². The first-order valence-electron chi connectivity index (χ1n) is 13.0. The van der Waals surface area contributed by atoms with Crippen molar-refractivity contribution in [3.05, 3.63) is 106 Å². The Hall–Kier alpha value is -5.85. The molecule has 6 rings (SSSR count). The maximum Gasteiger partial charge on any atom is 0.268 e. The number of nitrogens with one attached hydrogen (secondary N) is 2. The standard InChI is InChI=1S/C29H26N10O3/c1-16-12-13-31-26-23(24(30)36-39(16)26)28(41)33-17(2)25-34-20-10-7-11-21(35-27(40)18-14-32-37(3)15-18)22(20)29(42)38(25)19-8-5-4-6-9-19/h4-15,17H,1-3H3,(H2,30,36)(H,33,41)(H,35,40). The molecule has 210 valence electrons. The number of nitrogen functional groups attached to an aromatic ring is 1. The van der Waals surface area contributed by atoms with Crippen LogP contribution >= 0.6 is 0 Å². The summed E-state index contributed by atoms with van der Waals surface area (Å²) in [6.45, 7) is 3.55. The summed E-state index contributed by atoms with van der Waals surface area (Å²) in [5.41, 5.74) is 8.43. The monoisotopic (exact) mass is 562 g/mol. The van der Waals surface area contributed by atoms with Crippen LogP contribution in [0.4, 0.5) is 11.5 Å². The number of carbonyl (C=O) groups is 2. The van der Waals surface area contributed by atoms with Crippen molar-refractivity contribution in [2.45, 2.75) is 19.9 Å². The van der Waals surface area contributed by atoms with Gasteiger partial charge in [-0.25, -0.2) is 14.5 Å². The molecule has 42 heavy (non-hydrogen) atoms. The van der Waals surface area contributed by atoms with E-state index in [4.69, 9.17) is 10.7 Å². The average molecular weight is 563 g/mol. The number of nitrogens with zero attached hydrogens (tertiary/aromatic N) is 7. The van der Waals surface area contributed by atoms with Crippen molar-refractivity contribution in [2.24, 2.45) is 7.05 Å². The van der Waals surface area contributed by atoms with E-state index in [1.807, 2.05) is 13.0 Å². The van der Waals surface area contributed by atoms with Crippen LogP contribution in [0.2, 0.25) is 0 Å². The van der Waals surface area contributed by atoms with Crippen LogP contribution < -0.4 is 21.9 Å². The number of rotatable bonds is 6. The Bertz CT molecular complexity index is 2060. The summed E-state index contributed by atoms with van der Waals surface area (Å²) >= 11 is 0. The lowest BCUT2D eigenvalue weighted by atomic mass is 10.1. The van der Waals surface area contributed by atoms with Gasteiger partial charge in [0, 0.05) is 25.1 Å². The minimum absolute atomic E-state index is 0.0300. The van der Waals surface area contributed by atoms with Crippen LogP contribution in [0, 0.1) is 6.92 Å². The molecule has 0 aliphatic rings. The summed E-state index contributed by atoms with van der Waals surface area (Å²) < 4.78 is 4.45. The van der Waals surface area contributed by atoms with Crippen LogP contribution in [0.1, 0.15) is 45.2 Å². The van der Waals surface area contributed by atoms with E-state index in [1.54, 1.807) is 74.9 Å². The molecule has 0 fully saturated rings. The summed E-state index contributed by atoms with van der Waals surface area (Å²) in [6, 6.07) is 15.0. The zero-order chi connectivity index (χ0) is 29.5. The van der Waals surface area contributed by atoms with Crippen LogP contribution in [0.25, 0.3) is 22.2 Å². The van der Waals surface area contributed by atoms with E-state index in [9.17, 15) is 14.4 Å². The van der Waals surface area contributed by atoms with Gasteiger partial charge in [0.05, 0.1) is 40.1 Å². The highest BCUT2D eigenvalue weighted by molar-refractivity contribution is 6.08. The first-order valence-corrected chi connectivity index (χ1v) is 13.0. The number of anilines is 2. The number of aryl methyl sites for hydroxylation is 2. The lowest BCUT2D eigenvalue weighted by Crippen LogP contribution is -2.33. The predicted molar refractivity (Wildman–Crippen MR) is 157 cm³/mol. The van der Waals surface area contributed by atoms with Gasteiger partial charge in [-0.2, -0.15) is 5.10 Å². The van der Waals surface area contributed by atoms with Gasteiger partial charge in [-0.3, -0.25) is 23.6 Å². The third-order valence-corrected chi connectivity index (χ3v) is 6.85. The van der Waals surface area contributed by atoms with Gasteiger partial charge in [-0.1, -0.05) is 24.3 Å². The van der Waals surface area contributed by atoms with Gasteiger partial charge in [-0.05, 0) is 44.2 Å². The zero-order valence-corrected chi connectivity index (χ0v) is 22.9. The molecule has 2 amide bonds. The first kappa shape index (κ1) is 26.4. The van der Waals surface area contributed by atoms with Crippen molar-refractivity contribution >= 4 is 39.9 Å². The van der Waals surface area contributed by atoms with Crippen LogP contribution in [-0.4, -0.2) is 45.7 Å². The van der Waals surface area contributed by atoms with E-state index in [0.29, 0.717) is 28.1 Å². The lowest BCUT2D eigenvalue weighted by molar-refractivity contribution is 0.0939. The molecule has 2 aromatic carbocycles. The molecule has 13 heteroatoms. The van der Waals surface area contributed by atoms with Gasteiger partial charge in [0.15, 0.2) is 11.5 Å². The number of amides is 2. The van der Waals surface area contributed by atoms with E-state index in [0.717, 1.165) is 5.69 Å². The summed E-state index contributed by atoms with van der Waals surface area (Å²) in [7, 11) is 1.71. The molecule has 1 atom stereocenters. The number of fused-ring (bicyclic) bond motifs is 2. The highest BCUT2D eigenvalue weighted by Crippen LogP contribution is 2.25. The summed E-state index contributed by atoms with van der Waals surface area (Å²) in [5.74, 6) is -0.621. The van der Waals surface area contributed by atoms with E-state index in [-0.39, 0.29) is 22.6 Å². The molecule has 0 aliphatic carbocycles. The molecule has 0 bridgehead atoms. The van der Waals surface area contributed by atoms with Crippen molar-refractivity contribution in [1.29, 1.82) is 0 Å². The topological polar surface area (TPSA) is 167 Å². The second kappa shape index (κ2) is 10.3. The molecule has 0 saturated carbocycles. The number of para-hydroxylation sites is 1. The molecule has 4 heterocycles. The minimum atomic E-state index is -0.748. The molecule has 0 radical (unpaired) electrons. The fraction of sp³-hybridized carbons (Fsp3) is 0.138. The number of aromatic nitrogens is 7. The van der Waals surface area contributed by atoms with Gasteiger partial charge in [0.25, 0.3) is 17.4 Å². The largest absolute Gasteiger partial charge is 0.381 e. The second-order valence-corrected chi connectivity index (χ2v) is 9.78. The zero-order valence-electron chi connectivity index (χ0n) is 22.9. The predicted octanol–water partition coefficient (Wildman–Crippen LogP) is 2.80. The second-order valence-electron chi connectivity index (χ2n) is 9.78. The summed E-state index contributed by atoms with van der Waals surface area (Å²) in [4.78, 5) is 49.7. The lowest BCUT2D eigenvalue weighted by Gasteiger charge is -2.20. The Morgan fingerprint density at radius 3 is 2.55 bits per heavy atom. The van der Waals surface area contributed by atoms with Crippen LogP contribution in [0.3, 0.4) is 0 Å². The van der Waals surface area contributed by atoms with Crippen molar-refractivity contribution in [2.75, 3.05) is 11.1 Å². The summed E-state index contributed by atoms with van der Waals surface area (Å²) in [6.07, 6.45) is 4.60. The van der Waals surface area contributed by atoms with Crippen molar-refractivity contribution in [3.8, 4) is 5.69 Å². The van der Waals surface area contributed by atoms with Crippen molar-refractivity contribution in [1.82, 2.24) is 39.2 Å². The number of carbonyl (C=O) groups excluding carboxylic acids is 2. The van der Waals surface area contributed by atoms with Gasteiger partial charge in [0.1, 0.15) is 11.4 Å². The van der Waals surface area contributed by atoms with Crippen molar-refractivity contribution in [3.63, 3.8) is 0 Å². The minimum Gasteiger partial charge on any atom is -0.381 e. The number of nitrogens with two attached hydrogens (primary N) is 1. The number of hydrogen-bond acceptors (Lipinski definition) is 8. The molecule has 13 nitrogen and oxygen atoms in total. The molecule has 4 aromatic heterocycles. The SMILES string of the molecule is Cc1ccnc2c(C(=O)NC(C)c3nc4cccc(NC(=O)c5cnn(C)c5)c4c(=O)n3-c3ccccc3)c(N)nn12. The molecular formula is C29H26N10O3. The van der Waals surface area contributed by atoms with Crippen LogP contribution in [0.15, 0.2) is 78.0 Å². The van der Waals surface area contributed by atoms with Gasteiger partial charge >= 0.3 is 0 Å². The molecule has 4 N–H and O–H groups in total. The molecule has 1 unspecified atom stereocenters. The third-order valence-electron chi connectivity index (χ3n) is 6.85. The molecule has 0 aliphatic heterocycles. The van der Waals surface area contributed by atoms with E-state index in [1.165, 1.54) is 20.0 Å². The maximum atomic E-state index is 14.2. The Morgan fingerprint density at radius 2 is 1.81 bits per heavy atom. The maximum absolute atomic E-state index is 14.2. The van der Waals surface area contributed by atoms with E-state index < -0.39 is 23.4 Å². The third kappa shape index (κ3) is 4.52.